The van der Waals surface area contributed by atoms with Gasteiger partial charge in [0, 0.05) is 5.25 Å². The lowest BCUT2D eigenvalue weighted by molar-refractivity contribution is 0.196. The van der Waals surface area contributed by atoms with Gasteiger partial charge in [-0.05, 0) is 19.1 Å². The van der Waals surface area contributed by atoms with E-state index in [-0.39, 0.29) is 11.4 Å². The van der Waals surface area contributed by atoms with Gasteiger partial charge in [-0.1, -0.05) is 6.92 Å². The smallest absolute Gasteiger partial charge is 0.0964 e. The molecule has 0 bridgehead atoms. The van der Waals surface area contributed by atoms with Crippen LogP contribution in [-0.2, 0) is 0 Å². The van der Waals surface area contributed by atoms with Crippen LogP contribution in [-0.4, -0.2) is 21.4 Å². The summed E-state index contributed by atoms with van der Waals surface area (Å²) in [5.74, 6) is 0. The van der Waals surface area contributed by atoms with Gasteiger partial charge in [-0.25, -0.2) is 4.98 Å². The molecule has 13 heavy (non-hydrogen) atoms. The molecule has 3 N–H and O–H groups in total. The first-order valence-corrected chi connectivity index (χ1v) is 5.04. The monoisotopic (exact) mass is 198 g/mol. The van der Waals surface area contributed by atoms with Crippen molar-refractivity contribution in [3.05, 3.63) is 18.3 Å². The molecule has 0 aliphatic carbocycles. The Labute approximate surface area is 82.4 Å². The fourth-order valence-electron chi connectivity index (χ4n) is 0.750. The van der Waals surface area contributed by atoms with Crippen molar-refractivity contribution in [3.63, 3.8) is 0 Å². The highest BCUT2D eigenvalue weighted by atomic mass is 32.2. The number of aliphatic hydroxyl groups is 1. The third-order valence-corrected chi connectivity index (χ3v) is 2.99. The second kappa shape index (κ2) is 4.48. The van der Waals surface area contributed by atoms with Gasteiger partial charge >= 0.3 is 0 Å². The van der Waals surface area contributed by atoms with Gasteiger partial charge in [0.05, 0.1) is 23.0 Å². The van der Waals surface area contributed by atoms with E-state index < -0.39 is 0 Å². The summed E-state index contributed by atoms with van der Waals surface area (Å²) in [6, 6.07) is 3.67. The van der Waals surface area contributed by atoms with Crippen molar-refractivity contribution in [1.82, 2.24) is 4.98 Å². The highest BCUT2D eigenvalue weighted by Gasteiger charge is 2.10. The Bertz CT molecular complexity index is 261. The lowest BCUT2D eigenvalue weighted by atomic mass is 10.3. The maximum absolute atomic E-state index is 9.26. The standard InChI is InChI=1S/C9H14N2OS/c1-6(12)7(2)13-9-4-3-8(10)5-11-9/h3-7,12H,10H2,1-2H3. The summed E-state index contributed by atoms with van der Waals surface area (Å²) < 4.78 is 0. The number of nitrogen functional groups attached to an aromatic ring is 1. The zero-order valence-corrected chi connectivity index (χ0v) is 8.58. The van der Waals surface area contributed by atoms with Gasteiger partial charge in [0.25, 0.3) is 0 Å². The van der Waals surface area contributed by atoms with E-state index in [9.17, 15) is 5.11 Å². The molecule has 2 atom stereocenters. The molecule has 3 nitrogen and oxygen atoms in total. The molecule has 1 rings (SSSR count). The van der Waals surface area contributed by atoms with Crippen LogP contribution < -0.4 is 5.73 Å². The number of pyridine rings is 1. The van der Waals surface area contributed by atoms with Crippen LogP contribution in [0.25, 0.3) is 0 Å². The van der Waals surface area contributed by atoms with Gasteiger partial charge in [-0.3, -0.25) is 0 Å². The van der Waals surface area contributed by atoms with E-state index in [1.54, 1.807) is 24.9 Å². The van der Waals surface area contributed by atoms with Crippen LogP contribution in [0.1, 0.15) is 13.8 Å². The molecule has 0 aliphatic rings. The van der Waals surface area contributed by atoms with Crippen LogP contribution in [0.2, 0.25) is 0 Å². The van der Waals surface area contributed by atoms with Crippen LogP contribution in [0.3, 0.4) is 0 Å². The molecule has 1 aromatic rings. The Morgan fingerprint density at radius 1 is 1.46 bits per heavy atom. The minimum Gasteiger partial charge on any atom is -0.397 e. The number of hydrogen-bond acceptors (Lipinski definition) is 4. The molecule has 0 fully saturated rings. The number of hydrogen-bond donors (Lipinski definition) is 2. The van der Waals surface area contributed by atoms with Gasteiger partial charge in [-0.15, -0.1) is 11.8 Å². The highest BCUT2D eigenvalue weighted by Crippen LogP contribution is 2.23. The van der Waals surface area contributed by atoms with Crippen LogP contribution in [0.15, 0.2) is 23.4 Å². The van der Waals surface area contributed by atoms with Crippen LogP contribution in [0, 0.1) is 0 Å². The quantitative estimate of drug-likeness (QED) is 0.723. The molecule has 0 aromatic carbocycles. The highest BCUT2D eigenvalue weighted by molar-refractivity contribution is 7.99. The molecule has 72 valence electrons. The molecular weight excluding hydrogens is 184 g/mol. The van der Waals surface area contributed by atoms with Crippen LogP contribution in [0.5, 0.6) is 0 Å². The van der Waals surface area contributed by atoms with E-state index in [0.29, 0.717) is 5.69 Å². The number of nitrogens with zero attached hydrogens (tertiary/aromatic N) is 1. The van der Waals surface area contributed by atoms with Gasteiger partial charge in [0.2, 0.25) is 0 Å². The SMILES string of the molecule is CC(O)C(C)Sc1ccc(N)cn1. The van der Waals surface area contributed by atoms with Crippen molar-refractivity contribution in [2.45, 2.75) is 30.2 Å². The Hall–Kier alpha value is -0.740. The Morgan fingerprint density at radius 3 is 2.62 bits per heavy atom. The second-order valence-electron chi connectivity index (χ2n) is 2.99. The summed E-state index contributed by atoms with van der Waals surface area (Å²) in [6.07, 6.45) is 1.29. The van der Waals surface area contributed by atoms with Crippen molar-refractivity contribution in [2.24, 2.45) is 0 Å². The Morgan fingerprint density at radius 2 is 2.15 bits per heavy atom. The van der Waals surface area contributed by atoms with E-state index in [1.807, 2.05) is 19.1 Å². The van der Waals surface area contributed by atoms with E-state index in [2.05, 4.69) is 4.98 Å². The summed E-state index contributed by atoms with van der Waals surface area (Å²) in [4.78, 5) is 4.13. The predicted molar refractivity (Wildman–Crippen MR) is 55.6 cm³/mol. The molecule has 1 aromatic heterocycles. The second-order valence-corrected chi connectivity index (χ2v) is 4.39. The summed E-state index contributed by atoms with van der Waals surface area (Å²) >= 11 is 1.54. The molecule has 0 aliphatic heterocycles. The van der Waals surface area contributed by atoms with Crippen molar-refractivity contribution >= 4 is 17.4 Å². The van der Waals surface area contributed by atoms with Crippen molar-refractivity contribution in [1.29, 1.82) is 0 Å². The Balaban J connectivity index is 2.59. The predicted octanol–water partition coefficient (Wildman–Crippen LogP) is 1.53. The van der Waals surface area contributed by atoms with E-state index in [4.69, 9.17) is 5.73 Å². The number of anilines is 1. The number of nitrogens with two attached hydrogens (primary N) is 1. The largest absolute Gasteiger partial charge is 0.397 e. The maximum atomic E-state index is 9.26. The number of rotatable bonds is 3. The number of thioether (sulfide) groups is 1. The maximum Gasteiger partial charge on any atom is 0.0964 e. The zero-order chi connectivity index (χ0) is 9.84. The molecule has 0 amide bonds. The summed E-state index contributed by atoms with van der Waals surface area (Å²) in [7, 11) is 0. The summed E-state index contributed by atoms with van der Waals surface area (Å²) in [5, 5.41) is 10.3. The van der Waals surface area contributed by atoms with Crippen LogP contribution in [0.4, 0.5) is 5.69 Å². The van der Waals surface area contributed by atoms with Crippen molar-refractivity contribution in [2.75, 3.05) is 5.73 Å². The normalized spacial score (nSPS) is 15.3. The molecule has 0 saturated carbocycles. The first-order valence-electron chi connectivity index (χ1n) is 4.16. The third-order valence-electron chi connectivity index (χ3n) is 1.75. The van der Waals surface area contributed by atoms with E-state index in [0.717, 1.165) is 5.03 Å². The average Bonchev–Trinajstić information content (AvgIpc) is 2.08. The lowest BCUT2D eigenvalue weighted by Crippen LogP contribution is -2.15. The lowest BCUT2D eigenvalue weighted by Gasteiger charge is -2.12. The van der Waals surface area contributed by atoms with Gasteiger partial charge in [0.1, 0.15) is 0 Å². The zero-order valence-electron chi connectivity index (χ0n) is 7.77. The van der Waals surface area contributed by atoms with Crippen molar-refractivity contribution < 1.29 is 5.11 Å². The summed E-state index contributed by atoms with van der Waals surface area (Å²) in [5.41, 5.74) is 6.16. The molecular formula is C9H14N2OS. The number of aromatic nitrogens is 1. The Kier molecular flexibility index (Phi) is 3.57. The van der Waals surface area contributed by atoms with E-state index >= 15 is 0 Å². The fourth-order valence-corrected chi connectivity index (χ4v) is 1.59. The van der Waals surface area contributed by atoms with Gasteiger partial charge < -0.3 is 10.8 Å². The summed E-state index contributed by atoms with van der Waals surface area (Å²) in [6.45, 7) is 3.74. The molecule has 0 saturated heterocycles. The molecule has 2 unspecified atom stereocenters. The minimum atomic E-state index is -0.329. The molecule has 0 radical (unpaired) electrons. The molecule has 1 heterocycles. The fraction of sp³-hybridized carbons (Fsp3) is 0.444. The molecule has 4 heteroatoms. The first-order chi connectivity index (χ1) is 6.09. The van der Waals surface area contributed by atoms with Crippen molar-refractivity contribution in [3.8, 4) is 0 Å². The van der Waals surface area contributed by atoms with Crippen LogP contribution >= 0.6 is 11.8 Å². The van der Waals surface area contributed by atoms with Gasteiger partial charge in [0.15, 0.2) is 0 Å². The average molecular weight is 198 g/mol. The first kappa shape index (κ1) is 10.3. The topological polar surface area (TPSA) is 59.1 Å². The minimum absolute atomic E-state index is 0.149. The number of aliphatic hydroxyl groups excluding tert-OH is 1. The van der Waals surface area contributed by atoms with E-state index in [1.165, 1.54) is 0 Å². The third kappa shape index (κ3) is 3.24. The molecule has 0 spiro atoms. The van der Waals surface area contributed by atoms with Gasteiger partial charge in [-0.2, -0.15) is 0 Å².